The predicted molar refractivity (Wildman–Crippen MR) is 88.0 cm³/mol. The van der Waals surface area contributed by atoms with E-state index in [0.717, 1.165) is 25.9 Å². The van der Waals surface area contributed by atoms with Gasteiger partial charge in [0.1, 0.15) is 0 Å². The van der Waals surface area contributed by atoms with Crippen LogP contribution < -0.4 is 10.6 Å². The van der Waals surface area contributed by atoms with E-state index in [2.05, 4.69) is 17.2 Å². The van der Waals surface area contributed by atoms with E-state index < -0.39 is 10.2 Å². The van der Waals surface area contributed by atoms with Gasteiger partial charge in [0, 0.05) is 45.3 Å². The first-order valence-corrected chi connectivity index (χ1v) is 9.74. The van der Waals surface area contributed by atoms with E-state index in [4.69, 9.17) is 0 Å². The highest BCUT2D eigenvalue weighted by Gasteiger charge is 2.43. The molecule has 3 aliphatic rings. The third-order valence-electron chi connectivity index (χ3n) is 5.42. The highest BCUT2D eigenvalue weighted by atomic mass is 32.2. The highest BCUT2D eigenvalue weighted by molar-refractivity contribution is 7.86. The van der Waals surface area contributed by atoms with Crippen LogP contribution in [0.2, 0.25) is 0 Å². The molecule has 0 bridgehead atoms. The summed E-state index contributed by atoms with van der Waals surface area (Å²) in [6.45, 7) is 7.66. The summed E-state index contributed by atoms with van der Waals surface area (Å²) in [4.78, 5) is 11.3. The number of hydrogen-bond acceptors (Lipinski definition) is 4. The second-order valence-corrected chi connectivity index (χ2v) is 8.82. The lowest BCUT2D eigenvalue weighted by atomic mass is 9.74. The first kappa shape index (κ1) is 16.9. The van der Waals surface area contributed by atoms with Gasteiger partial charge in [-0.3, -0.25) is 4.79 Å². The summed E-state index contributed by atoms with van der Waals surface area (Å²) in [5, 5.41) is 6.14. The standard InChI is InChI=1S/C15H26N4O3S/c1-2-14(20)17-13-3-7-18(8-4-13)23(21,22)19-9-5-15(6-10-19)11-16-12-15/h2,13,16H,1,3-12H2,(H,17,20). The fraction of sp³-hybridized carbons (Fsp3) is 0.800. The van der Waals surface area contributed by atoms with Gasteiger partial charge in [-0.2, -0.15) is 17.0 Å². The van der Waals surface area contributed by atoms with Gasteiger partial charge >= 0.3 is 0 Å². The van der Waals surface area contributed by atoms with Crippen molar-refractivity contribution in [1.29, 1.82) is 0 Å². The fourth-order valence-corrected chi connectivity index (χ4v) is 5.32. The summed E-state index contributed by atoms with van der Waals surface area (Å²) in [5.74, 6) is -0.193. The minimum Gasteiger partial charge on any atom is -0.350 e. The number of rotatable bonds is 4. The Hall–Kier alpha value is -0.960. The summed E-state index contributed by atoms with van der Waals surface area (Å²) in [6, 6.07) is 0.0395. The molecular formula is C15H26N4O3S. The zero-order chi connectivity index (χ0) is 16.5. The molecule has 23 heavy (non-hydrogen) atoms. The van der Waals surface area contributed by atoms with Gasteiger partial charge < -0.3 is 10.6 Å². The van der Waals surface area contributed by atoms with Gasteiger partial charge in [0.2, 0.25) is 5.91 Å². The van der Waals surface area contributed by atoms with Crippen LogP contribution in [0.15, 0.2) is 12.7 Å². The predicted octanol–water partition coefficient (Wildman–Crippen LogP) is -0.317. The molecule has 0 aliphatic carbocycles. The van der Waals surface area contributed by atoms with Crippen LogP contribution in [0.1, 0.15) is 25.7 Å². The molecule has 3 fully saturated rings. The van der Waals surface area contributed by atoms with E-state index in [1.54, 1.807) is 8.61 Å². The van der Waals surface area contributed by atoms with Crippen LogP contribution in [0.4, 0.5) is 0 Å². The molecule has 0 aromatic rings. The molecule has 1 amide bonds. The van der Waals surface area contributed by atoms with Gasteiger partial charge in [-0.05, 0) is 37.2 Å². The molecule has 7 nitrogen and oxygen atoms in total. The van der Waals surface area contributed by atoms with Crippen molar-refractivity contribution in [1.82, 2.24) is 19.2 Å². The first-order valence-electron chi connectivity index (χ1n) is 8.34. The van der Waals surface area contributed by atoms with Gasteiger partial charge in [-0.1, -0.05) is 6.58 Å². The van der Waals surface area contributed by atoms with Gasteiger partial charge in [0.25, 0.3) is 10.2 Å². The Bertz CT molecular complexity index is 555. The summed E-state index contributed by atoms with van der Waals surface area (Å²) >= 11 is 0. The van der Waals surface area contributed by atoms with Crippen molar-refractivity contribution in [3.05, 3.63) is 12.7 Å². The second kappa shape index (κ2) is 6.51. The first-order chi connectivity index (χ1) is 11.0. The van der Waals surface area contributed by atoms with Crippen LogP contribution in [0.5, 0.6) is 0 Å². The Morgan fingerprint density at radius 1 is 1.13 bits per heavy atom. The van der Waals surface area contributed by atoms with Crippen LogP contribution in [0.25, 0.3) is 0 Å². The van der Waals surface area contributed by atoms with Crippen molar-refractivity contribution < 1.29 is 13.2 Å². The van der Waals surface area contributed by atoms with E-state index >= 15 is 0 Å². The zero-order valence-corrected chi connectivity index (χ0v) is 14.3. The number of hydrogen-bond donors (Lipinski definition) is 2. The number of carbonyl (C=O) groups excluding carboxylic acids is 1. The molecular weight excluding hydrogens is 316 g/mol. The lowest BCUT2D eigenvalue weighted by Gasteiger charge is -2.48. The van der Waals surface area contributed by atoms with E-state index in [1.165, 1.54) is 6.08 Å². The van der Waals surface area contributed by atoms with Gasteiger partial charge in [0.05, 0.1) is 0 Å². The lowest BCUT2D eigenvalue weighted by Crippen LogP contribution is -2.60. The van der Waals surface area contributed by atoms with E-state index in [1.807, 2.05) is 0 Å². The Balaban J connectivity index is 1.52. The molecule has 8 heteroatoms. The third-order valence-corrected chi connectivity index (χ3v) is 7.46. The molecule has 3 aliphatic heterocycles. The summed E-state index contributed by atoms with van der Waals surface area (Å²) in [5.41, 5.74) is 0.341. The van der Waals surface area contributed by atoms with Gasteiger partial charge in [-0.15, -0.1) is 0 Å². The van der Waals surface area contributed by atoms with E-state index in [-0.39, 0.29) is 11.9 Å². The second-order valence-electron chi connectivity index (χ2n) is 6.90. The normalized spacial score (nSPS) is 26.6. The maximum absolute atomic E-state index is 12.8. The lowest BCUT2D eigenvalue weighted by molar-refractivity contribution is -0.117. The molecule has 130 valence electrons. The SMILES string of the molecule is C=CC(=O)NC1CCN(S(=O)(=O)N2CCC3(CC2)CNC3)CC1. The molecule has 3 heterocycles. The number of piperidine rings is 2. The average Bonchev–Trinajstić information content (AvgIpc) is 2.54. The van der Waals surface area contributed by atoms with Crippen LogP contribution in [-0.2, 0) is 15.0 Å². The van der Waals surface area contributed by atoms with Crippen LogP contribution >= 0.6 is 0 Å². The van der Waals surface area contributed by atoms with Crippen molar-refractivity contribution >= 4 is 16.1 Å². The molecule has 1 spiro atoms. The minimum absolute atomic E-state index is 0.0395. The maximum Gasteiger partial charge on any atom is 0.281 e. The van der Waals surface area contributed by atoms with E-state index in [9.17, 15) is 13.2 Å². The fourth-order valence-electron chi connectivity index (χ4n) is 3.68. The van der Waals surface area contributed by atoms with Gasteiger partial charge in [-0.25, -0.2) is 0 Å². The summed E-state index contributed by atoms with van der Waals surface area (Å²) < 4.78 is 28.8. The summed E-state index contributed by atoms with van der Waals surface area (Å²) in [6.07, 6.45) is 4.46. The molecule has 0 atom stereocenters. The molecule has 0 aromatic carbocycles. The average molecular weight is 342 g/mol. The monoisotopic (exact) mass is 342 g/mol. The topological polar surface area (TPSA) is 81.8 Å². The Morgan fingerprint density at radius 3 is 2.17 bits per heavy atom. The molecule has 2 N–H and O–H groups in total. The summed E-state index contributed by atoms with van der Waals surface area (Å²) in [7, 11) is -3.36. The van der Waals surface area contributed by atoms with Crippen LogP contribution in [0.3, 0.4) is 0 Å². The number of amides is 1. The molecule has 0 unspecified atom stereocenters. The molecule has 3 saturated heterocycles. The van der Waals surface area contributed by atoms with Crippen LogP contribution in [-0.4, -0.2) is 68.2 Å². The molecule has 0 radical (unpaired) electrons. The number of carbonyl (C=O) groups is 1. The minimum atomic E-state index is -3.36. The van der Waals surface area contributed by atoms with Crippen molar-refractivity contribution in [3.63, 3.8) is 0 Å². The zero-order valence-electron chi connectivity index (χ0n) is 13.5. The Morgan fingerprint density at radius 2 is 1.70 bits per heavy atom. The number of nitrogens with one attached hydrogen (secondary N) is 2. The van der Waals surface area contributed by atoms with Crippen molar-refractivity contribution in [2.75, 3.05) is 39.3 Å². The largest absolute Gasteiger partial charge is 0.350 e. The number of nitrogens with zero attached hydrogens (tertiary/aromatic N) is 2. The van der Waals surface area contributed by atoms with Crippen molar-refractivity contribution in [3.8, 4) is 0 Å². The third kappa shape index (κ3) is 3.45. The van der Waals surface area contributed by atoms with Crippen molar-refractivity contribution in [2.45, 2.75) is 31.7 Å². The molecule has 0 aromatic heterocycles. The van der Waals surface area contributed by atoms with Crippen molar-refractivity contribution in [2.24, 2.45) is 5.41 Å². The van der Waals surface area contributed by atoms with Gasteiger partial charge in [0.15, 0.2) is 0 Å². The highest BCUT2D eigenvalue weighted by Crippen LogP contribution is 2.36. The Labute approximate surface area is 138 Å². The quantitative estimate of drug-likeness (QED) is 0.686. The maximum atomic E-state index is 12.8. The smallest absolute Gasteiger partial charge is 0.281 e. The molecule has 3 rings (SSSR count). The van der Waals surface area contributed by atoms with Crippen LogP contribution in [0, 0.1) is 5.41 Å². The Kier molecular flexibility index (Phi) is 4.78. The van der Waals surface area contributed by atoms with E-state index in [0.29, 0.717) is 44.4 Å². The molecule has 0 saturated carbocycles.